The largest absolute Gasteiger partial charge is 0.383 e. The highest BCUT2D eigenvalue weighted by Gasteiger charge is 2.25. The summed E-state index contributed by atoms with van der Waals surface area (Å²) < 4.78 is 4.83. The second kappa shape index (κ2) is 3.56. The zero-order valence-corrected chi connectivity index (χ0v) is 6.31. The fourth-order valence-electron chi connectivity index (χ4n) is 0.804. The van der Waals surface area contributed by atoms with Gasteiger partial charge in [0.25, 0.3) is 0 Å². The zero-order chi connectivity index (χ0) is 7.40. The van der Waals surface area contributed by atoms with Crippen molar-refractivity contribution in [1.29, 1.82) is 5.41 Å². The smallest absolute Gasteiger partial charge is 0.0964 e. The van der Waals surface area contributed by atoms with E-state index in [0.29, 0.717) is 18.4 Å². The van der Waals surface area contributed by atoms with E-state index in [1.165, 1.54) is 12.8 Å². The van der Waals surface area contributed by atoms with Crippen molar-refractivity contribution in [1.82, 2.24) is 5.32 Å². The van der Waals surface area contributed by atoms with E-state index < -0.39 is 0 Å². The van der Waals surface area contributed by atoms with Crippen molar-refractivity contribution in [2.45, 2.75) is 12.8 Å². The summed E-state index contributed by atoms with van der Waals surface area (Å²) in [6.07, 6.45) is 2.39. The van der Waals surface area contributed by atoms with Crippen molar-refractivity contribution >= 4 is 5.84 Å². The topological polar surface area (TPSA) is 45.1 Å². The van der Waals surface area contributed by atoms with Crippen LogP contribution in [0.15, 0.2) is 0 Å². The summed E-state index contributed by atoms with van der Waals surface area (Å²) in [5, 5.41) is 10.4. The van der Waals surface area contributed by atoms with Crippen molar-refractivity contribution in [2.75, 3.05) is 20.3 Å². The normalized spacial score (nSPS) is 16.9. The summed E-state index contributed by atoms with van der Waals surface area (Å²) in [5.74, 6) is 1.23. The van der Waals surface area contributed by atoms with Crippen molar-refractivity contribution < 1.29 is 4.74 Å². The number of ether oxygens (including phenoxy) is 1. The first-order chi connectivity index (χ1) is 4.84. The summed E-state index contributed by atoms with van der Waals surface area (Å²) in [7, 11) is 1.67. The first-order valence-corrected chi connectivity index (χ1v) is 3.66. The Kier molecular flexibility index (Phi) is 2.68. The third-order valence-corrected chi connectivity index (χ3v) is 1.61. The Morgan fingerprint density at radius 2 is 2.40 bits per heavy atom. The molecule has 0 aliphatic heterocycles. The molecule has 3 nitrogen and oxygen atoms in total. The monoisotopic (exact) mass is 142 g/mol. The Balaban J connectivity index is 1.95. The van der Waals surface area contributed by atoms with Gasteiger partial charge in [-0.2, -0.15) is 0 Å². The number of rotatable bonds is 4. The van der Waals surface area contributed by atoms with E-state index in [1.54, 1.807) is 7.11 Å². The van der Waals surface area contributed by atoms with E-state index in [2.05, 4.69) is 5.32 Å². The maximum absolute atomic E-state index is 7.42. The molecule has 0 aromatic rings. The number of nitrogens with one attached hydrogen (secondary N) is 2. The fraction of sp³-hybridized carbons (Fsp3) is 0.857. The van der Waals surface area contributed by atoms with Gasteiger partial charge in [-0.3, -0.25) is 5.41 Å². The molecule has 1 aliphatic rings. The third kappa shape index (κ3) is 2.35. The van der Waals surface area contributed by atoms with Crippen LogP contribution in [0.1, 0.15) is 12.8 Å². The summed E-state index contributed by atoms with van der Waals surface area (Å²) in [6, 6.07) is 0. The van der Waals surface area contributed by atoms with E-state index in [4.69, 9.17) is 10.1 Å². The highest BCUT2D eigenvalue weighted by Crippen LogP contribution is 2.28. The van der Waals surface area contributed by atoms with Crippen LogP contribution in [0.5, 0.6) is 0 Å². The molecule has 0 unspecified atom stereocenters. The molecular weight excluding hydrogens is 128 g/mol. The first-order valence-electron chi connectivity index (χ1n) is 3.66. The molecule has 0 bridgehead atoms. The van der Waals surface area contributed by atoms with Crippen LogP contribution in [0.4, 0.5) is 0 Å². The van der Waals surface area contributed by atoms with Crippen LogP contribution in [0, 0.1) is 11.3 Å². The Hall–Kier alpha value is -0.570. The average Bonchev–Trinajstić information content (AvgIpc) is 2.69. The van der Waals surface area contributed by atoms with Gasteiger partial charge in [0.1, 0.15) is 0 Å². The molecule has 58 valence electrons. The molecule has 0 radical (unpaired) electrons. The fourth-order valence-corrected chi connectivity index (χ4v) is 0.804. The lowest BCUT2D eigenvalue weighted by Crippen LogP contribution is -2.27. The molecule has 0 amide bonds. The molecule has 1 rings (SSSR count). The standard InChI is InChI=1S/C7H14N2O/c1-10-5-4-9-7(8)6-2-3-6/h6H,2-5H2,1H3,(H2,8,9). The molecular formula is C7H14N2O. The summed E-state index contributed by atoms with van der Waals surface area (Å²) in [4.78, 5) is 0. The van der Waals surface area contributed by atoms with E-state index in [-0.39, 0.29) is 0 Å². The number of hydrogen-bond acceptors (Lipinski definition) is 2. The minimum Gasteiger partial charge on any atom is -0.383 e. The van der Waals surface area contributed by atoms with Crippen LogP contribution < -0.4 is 5.32 Å². The second-order valence-electron chi connectivity index (χ2n) is 2.61. The average molecular weight is 142 g/mol. The predicted octanol–water partition coefficient (Wildman–Crippen LogP) is 0.610. The van der Waals surface area contributed by atoms with Gasteiger partial charge in [0, 0.05) is 19.6 Å². The summed E-state index contributed by atoms with van der Waals surface area (Å²) in [5.41, 5.74) is 0. The van der Waals surface area contributed by atoms with Crippen LogP contribution >= 0.6 is 0 Å². The van der Waals surface area contributed by atoms with Crippen LogP contribution in [0.3, 0.4) is 0 Å². The van der Waals surface area contributed by atoms with Gasteiger partial charge in [0.05, 0.1) is 12.4 Å². The third-order valence-electron chi connectivity index (χ3n) is 1.61. The van der Waals surface area contributed by atoms with Crippen molar-refractivity contribution in [2.24, 2.45) is 5.92 Å². The number of hydrogen-bond donors (Lipinski definition) is 2. The van der Waals surface area contributed by atoms with E-state index >= 15 is 0 Å². The van der Waals surface area contributed by atoms with Gasteiger partial charge in [0.2, 0.25) is 0 Å². The highest BCUT2D eigenvalue weighted by atomic mass is 16.5. The summed E-state index contributed by atoms with van der Waals surface area (Å²) in [6.45, 7) is 1.46. The van der Waals surface area contributed by atoms with E-state index in [1.807, 2.05) is 0 Å². The lowest BCUT2D eigenvalue weighted by Gasteiger charge is -2.04. The molecule has 10 heavy (non-hydrogen) atoms. The molecule has 0 saturated heterocycles. The lowest BCUT2D eigenvalue weighted by atomic mass is 10.4. The molecule has 0 aromatic carbocycles. The van der Waals surface area contributed by atoms with Gasteiger partial charge < -0.3 is 10.1 Å². The van der Waals surface area contributed by atoms with Crippen LogP contribution in [0.25, 0.3) is 0 Å². The molecule has 0 atom stereocenters. The number of methoxy groups -OCH3 is 1. The number of amidine groups is 1. The van der Waals surface area contributed by atoms with Gasteiger partial charge >= 0.3 is 0 Å². The quantitative estimate of drug-likeness (QED) is 0.343. The van der Waals surface area contributed by atoms with E-state index in [9.17, 15) is 0 Å². The Labute approximate surface area is 61.3 Å². The SMILES string of the molecule is COCCNC(=N)C1CC1. The molecule has 0 aromatic heterocycles. The molecule has 1 fully saturated rings. The zero-order valence-electron chi connectivity index (χ0n) is 6.31. The second-order valence-corrected chi connectivity index (χ2v) is 2.61. The molecule has 0 heterocycles. The lowest BCUT2D eigenvalue weighted by molar-refractivity contribution is 0.203. The van der Waals surface area contributed by atoms with Crippen molar-refractivity contribution in [3.63, 3.8) is 0 Å². The maximum atomic E-state index is 7.42. The van der Waals surface area contributed by atoms with Crippen molar-refractivity contribution in [3.8, 4) is 0 Å². The minimum absolute atomic E-state index is 0.539. The van der Waals surface area contributed by atoms with Crippen LogP contribution in [0.2, 0.25) is 0 Å². The highest BCUT2D eigenvalue weighted by molar-refractivity contribution is 5.83. The van der Waals surface area contributed by atoms with Gasteiger partial charge in [-0.05, 0) is 12.8 Å². The maximum Gasteiger partial charge on any atom is 0.0964 e. The summed E-state index contributed by atoms with van der Waals surface area (Å²) >= 11 is 0. The van der Waals surface area contributed by atoms with Gasteiger partial charge in [-0.15, -0.1) is 0 Å². The Morgan fingerprint density at radius 3 is 2.90 bits per heavy atom. The minimum atomic E-state index is 0.539. The predicted molar refractivity (Wildman–Crippen MR) is 40.3 cm³/mol. The van der Waals surface area contributed by atoms with Gasteiger partial charge in [-0.25, -0.2) is 0 Å². The Bertz CT molecular complexity index is 121. The van der Waals surface area contributed by atoms with E-state index in [0.717, 1.165) is 6.54 Å². The first kappa shape index (κ1) is 7.54. The Morgan fingerprint density at radius 1 is 1.70 bits per heavy atom. The molecule has 3 heteroatoms. The molecule has 1 aliphatic carbocycles. The molecule has 0 spiro atoms. The molecule has 1 saturated carbocycles. The van der Waals surface area contributed by atoms with Crippen LogP contribution in [-0.4, -0.2) is 26.1 Å². The van der Waals surface area contributed by atoms with Crippen LogP contribution in [-0.2, 0) is 4.74 Å². The van der Waals surface area contributed by atoms with Gasteiger partial charge in [0.15, 0.2) is 0 Å². The van der Waals surface area contributed by atoms with Crippen molar-refractivity contribution in [3.05, 3.63) is 0 Å². The van der Waals surface area contributed by atoms with Gasteiger partial charge in [-0.1, -0.05) is 0 Å². The molecule has 2 N–H and O–H groups in total.